The van der Waals surface area contributed by atoms with Crippen molar-refractivity contribution in [3.05, 3.63) is 99.8 Å². The lowest BCUT2D eigenvalue weighted by atomic mass is 9.98. The van der Waals surface area contributed by atoms with Crippen LogP contribution in [0.25, 0.3) is 5.65 Å². The fraction of sp³-hybridized carbons (Fsp3) is 0.276. The Kier molecular flexibility index (Phi) is 6.09. The van der Waals surface area contributed by atoms with Crippen LogP contribution >= 0.6 is 0 Å². The molecule has 0 spiro atoms. The summed E-state index contributed by atoms with van der Waals surface area (Å²) in [6.07, 6.45) is 4.37. The number of carbonyl (C=O) groups excluding carboxylic acids is 2. The van der Waals surface area contributed by atoms with Gasteiger partial charge in [-0.2, -0.15) is 5.10 Å². The number of amides is 2. The fourth-order valence-electron chi connectivity index (χ4n) is 5.87. The Morgan fingerprint density at radius 1 is 1.08 bits per heavy atom. The number of benzene rings is 2. The second kappa shape index (κ2) is 9.61. The lowest BCUT2D eigenvalue weighted by Crippen LogP contribution is -2.33. The number of carboxylic acids is 1. The molecule has 0 saturated carbocycles. The molecule has 2 aromatic heterocycles. The van der Waals surface area contributed by atoms with Crippen molar-refractivity contribution in [2.24, 2.45) is 0 Å². The Labute approximate surface area is 223 Å². The Bertz CT molecular complexity index is 1630. The molecule has 198 valence electrons. The summed E-state index contributed by atoms with van der Waals surface area (Å²) in [4.78, 5) is 44.9. The van der Waals surface area contributed by atoms with Crippen molar-refractivity contribution in [3.63, 3.8) is 0 Å². The van der Waals surface area contributed by atoms with Crippen LogP contribution in [0.15, 0.2) is 54.7 Å². The van der Waals surface area contributed by atoms with E-state index in [-0.39, 0.29) is 40.8 Å². The highest BCUT2D eigenvalue weighted by molar-refractivity contribution is 5.98. The SMILES string of the molecule is Cc1c(C(=O)O)ccc2c1CC[C@@H]2NC(=O)c1cc(C(=O)N2CCCC2c2ccc(F)cc2)nc2ccnn12. The van der Waals surface area contributed by atoms with Gasteiger partial charge in [0.25, 0.3) is 11.8 Å². The molecular formula is C29H26FN5O4. The molecule has 2 aliphatic rings. The highest BCUT2D eigenvalue weighted by Gasteiger charge is 2.33. The summed E-state index contributed by atoms with van der Waals surface area (Å²) in [5.41, 5.74) is 4.35. The Morgan fingerprint density at radius 2 is 1.87 bits per heavy atom. The van der Waals surface area contributed by atoms with Crippen LogP contribution in [0.4, 0.5) is 4.39 Å². The topological polar surface area (TPSA) is 117 Å². The molecule has 2 atom stereocenters. The number of likely N-dealkylation sites (tertiary alicyclic amines) is 1. The molecule has 4 aromatic rings. The first kappa shape index (κ1) is 24.7. The van der Waals surface area contributed by atoms with Gasteiger partial charge in [-0.3, -0.25) is 9.59 Å². The Hall–Kier alpha value is -4.60. The number of carboxylic acid groups (broad SMARTS) is 1. The van der Waals surface area contributed by atoms with E-state index in [0.29, 0.717) is 30.6 Å². The molecule has 2 amide bonds. The zero-order chi connectivity index (χ0) is 27.3. The van der Waals surface area contributed by atoms with Crippen LogP contribution in [-0.4, -0.2) is 48.9 Å². The number of aromatic carboxylic acids is 1. The standard InChI is InChI=1S/C29H26FN5O4/c1-16-19-10-11-22(21(19)9-8-20(16)29(38)39)33-27(36)25-15-23(32-26-12-13-31-35(25)26)28(37)34-14-2-3-24(34)17-4-6-18(30)7-5-17/h4-9,12-13,15,22,24H,2-3,10-11,14H2,1H3,(H,33,36)(H,38,39)/t22-,24?/m0/s1. The van der Waals surface area contributed by atoms with Crippen LogP contribution in [0.5, 0.6) is 0 Å². The predicted octanol–water partition coefficient (Wildman–Crippen LogP) is 4.27. The first-order valence-corrected chi connectivity index (χ1v) is 12.9. The summed E-state index contributed by atoms with van der Waals surface area (Å²) in [6, 6.07) is 12.1. The summed E-state index contributed by atoms with van der Waals surface area (Å²) in [6.45, 7) is 2.32. The second-order valence-corrected chi connectivity index (χ2v) is 10.0. The number of hydrogen-bond donors (Lipinski definition) is 2. The van der Waals surface area contributed by atoms with Gasteiger partial charge >= 0.3 is 5.97 Å². The monoisotopic (exact) mass is 527 g/mol. The molecule has 1 saturated heterocycles. The lowest BCUT2D eigenvalue weighted by Gasteiger charge is -2.25. The van der Waals surface area contributed by atoms with E-state index in [2.05, 4.69) is 15.4 Å². The number of halogens is 1. The number of nitrogens with one attached hydrogen (secondary N) is 1. The largest absolute Gasteiger partial charge is 0.478 e. The number of fused-ring (bicyclic) bond motifs is 2. The van der Waals surface area contributed by atoms with E-state index >= 15 is 0 Å². The van der Waals surface area contributed by atoms with E-state index in [1.54, 1.807) is 42.2 Å². The van der Waals surface area contributed by atoms with Crippen LogP contribution in [0, 0.1) is 12.7 Å². The van der Waals surface area contributed by atoms with E-state index < -0.39 is 11.9 Å². The van der Waals surface area contributed by atoms with Crippen LogP contribution in [0.2, 0.25) is 0 Å². The van der Waals surface area contributed by atoms with Crippen molar-refractivity contribution >= 4 is 23.4 Å². The summed E-state index contributed by atoms with van der Waals surface area (Å²) >= 11 is 0. The summed E-state index contributed by atoms with van der Waals surface area (Å²) in [7, 11) is 0. The number of carbonyl (C=O) groups is 3. The zero-order valence-electron chi connectivity index (χ0n) is 21.2. The van der Waals surface area contributed by atoms with Gasteiger partial charge in [-0.25, -0.2) is 18.7 Å². The molecule has 6 rings (SSSR count). The van der Waals surface area contributed by atoms with Gasteiger partial charge in [0.1, 0.15) is 17.2 Å². The maximum atomic E-state index is 13.7. The van der Waals surface area contributed by atoms with Gasteiger partial charge in [-0.05, 0) is 73.1 Å². The molecule has 1 aliphatic carbocycles. The molecule has 1 aliphatic heterocycles. The summed E-state index contributed by atoms with van der Waals surface area (Å²) < 4.78 is 14.9. The Morgan fingerprint density at radius 3 is 2.64 bits per heavy atom. The number of hydrogen-bond acceptors (Lipinski definition) is 5. The molecule has 39 heavy (non-hydrogen) atoms. The summed E-state index contributed by atoms with van der Waals surface area (Å²) in [5.74, 6) is -2.02. The van der Waals surface area contributed by atoms with Gasteiger partial charge in [0.15, 0.2) is 5.65 Å². The Balaban J connectivity index is 1.29. The second-order valence-electron chi connectivity index (χ2n) is 10.0. The van der Waals surface area contributed by atoms with Gasteiger partial charge in [0.2, 0.25) is 0 Å². The van der Waals surface area contributed by atoms with Crippen LogP contribution in [0.1, 0.15) is 84.9 Å². The zero-order valence-corrected chi connectivity index (χ0v) is 21.2. The molecule has 1 fully saturated rings. The highest BCUT2D eigenvalue weighted by atomic mass is 19.1. The van der Waals surface area contributed by atoms with Crippen LogP contribution in [-0.2, 0) is 6.42 Å². The summed E-state index contributed by atoms with van der Waals surface area (Å²) in [5, 5.41) is 16.7. The normalized spacial score (nSPS) is 18.4. The van der Waals surface area contributed by atoms with Crippen molar-refractivity contribution in [2.45, 2.75) is 44.7 Å². The van der Waals surface area contributed by atoms with Crippen molar-refractivity contribution in [2.75, 3.05) is 6.54 Å². The smallest absolute Gasteiger partial charge is 0.335 e. The van der Waals surface area contributed by atoms with Gasteiger partial charge in [0.05, 0.1) is 23.8 Å². The van der Waals surface area contributed by atoms with Crippen LogP contribution < -0.4 is 5.32 Å². The average Bonchev–Trinajstić information content (AvgIpc) is 3.68. The molecular weight excluding hydrogens is 501 g/mol. The van der Waals surface area contributed by atoms with Crippen molar-refractivity contribution in [1.29, 1.82) is 0 Å². The molecule has 10 heteroatoms. The maximum Gasteiger partial charge on any atom is 0.335 e. The quantitative estimate of drug-likeness (QED) is 0.400. The van der Waals surface area contributed by atoms with E-state index in [9.17, 15) is 23.9 Å². The van der Waals surface area contributed by atoms with Crippen LogP contribution in [0.3, 0.4) is 0 Å². The molecule has 0 bridgehead atoms. The third-order valence-electron chi connectivity index (χ3n) is 7.81. The van der Waals surface area contributed by atoms with Crippen molar-refractivity contribution in [3.8, 4) is 0 Å². The number of rotatable bonds is 5. The minimum atomic E-state index is -0.975. The molecule has 9 nitrogen and oxygen atoms in total. The van der Waals surface area contributed by atoms with E-state index in [1.165, 1.54) is 28.9 Å². The third-order valence-corrected chi connectivity index (χ3v) is 7.81. The molecule has 0 radical (unpaired) electrons. The van der Waals surface area contributed by atoms with E-state index in [1.807, 2.05) is 0 Å². The maximum absolute atomic E-state index is 13.7. The average molecular weight is 528 g/mol. The fourth-order valence-corrected chi connectivity index (χ4v) is 5.87. The lowest BCUT2D eigenvalue weighted by molar-refractivity contribution is 0.0693. The molecule has 2 N–H and O–H groups in total. The minimum Gasteiger partial charge on any atom is -0.478 e. The van der Waals surface area contributed by atoms with Crippen molar-refractivity contribution in [1.82, 2.24) is 24.8 Å². The van der Waals surface area contributed by atoms with Gasteiger partial charge in [-0.15, -0.1) is 0 Å². The first-order chi connectivity index (χ1) is 18.8. The van der Waals surface area contributed by atoms with E-state index in [0.717, 1.165) is 29.5 Å². The molecule has 1 unspecified atom stereocenters. The van der Waals surface area contributed by atoms with E-state index in [4.69, 9.17) is 0 Å². The minimum absolute atomic E-state index is 0.135. The number of nitrogens with zero attached hydrogens (tertiary/aromatic N) is 4. The molecule has 3 heterocycles. The molecule has 2 aromatic carbocycles. The predicted molar refractivity (Wildman–Crippen MR) is 139 cm³/mol. The number of aromatic nitrogens is 3. The third kappa shape index (κ3) is 4.31. The van der Waals surface area contributed by atoms with Gasteiger partial charge in [-0.1, -0.05) is 18.2 Å². The highest BCUT2D eigenvalue weighted by Crippen LogP contribution is 2.35. The van der Waals surface area contributed by atoms with Crippen molar-refractivity contribution < 1.29 is 23.9 Å². The van der Waals surface area contributed by atoms with Gasteiger partial charge < -0.3 is 15.3 Å². The first-order valence-electron chi connectivity index (χ1n) is 12.9. The van der Waals surface area contributed by atoms with Gasteiger partial charge in [0, 0.05) is 18.7 Å².